The fourth-order valence-corrected chi connectivity index (χ4v) is 1.11. The van der Waals surface area contributed by atoms with E-state index >= 15 is 0 Å². The van der Waals surface area contributed by atoms with Crippen LogP contribution in [0.25, 0.3) is 0 Å². The normalized spacial score (nSPS) is 9.56. The van der Waals surface area contributed by atoms with Crippen molar-refractivity contribution in [1.29, 1.82) is 0 Å². The van der Waals surface area contributed by atoms with Crippen molar-refractivity contribution in [2.75, 3.05) is 0 Å². The summed E-state index contributed by atoms with van der Waals surface area (Å²) in [5.41, 5.74) is -1.61. The molecule has 0 aliphatic rings. The molecule has 0 saturated heterocycles. The number of aliphatic carboxylic acids is 2. The summed E-state index contributed by atoms with van der Waals surface area (Å²) in [5, 5.41) is 17.8. The van der Waals surface area contributed by atoms with Crippen LogP contribution in [0.2, 0.25) is 0 Å². The summed E-state index contributed by atoms with van der Waals surface area (Å²) in [6.45, 7) is 1.17. The summed E-state index contributed by atoms with van der Waals surface area (Å²) >= 11 is 0. The van der Waals surface area contributed by atoms with Crippen LogP contribution in [0.4, 0.5) is 0 Å². The quantitative estimate of drug-likeness (QED) is 0.553. The standard InChI is InChI=1S/C10H10O4.Li.Na.2H/c1-10(8(11)12,9(13)14)7-5-3-2-4-6-7;;;;/h2-6H,1H3,(H,11,12)(H,13,14);;;;. The molecule has 1 rings (SSSR count). The first-order chi connectivity index (χ1) is 6.49. The Morgan fingerprint density at radius 2 is 1.44 bits per heavy atom. The SMILES string of the molecule is CC(C(=O)O)(C(=O)O)c1ccccc1.[LiH].[NaH]. The summed E-state index contributed by atoms with van der Waals surface area (Å²) in [6.07, 6.45) is 0. The zero-order chi connectivity index (χ0) is 10.8. The molecule has 0 atom stereocenters. The molecule has 4 nitrogen and oxygen atoms in total. The summed E-state index contributed by atoms with van der Waals surface area (Å²) in [7, 11) is 0. The van der Waals surface area contributed by atoms with Gasteiger partial charge in [-0.25, -0.2) is 0 Å². The first-order valence-corrected chi connectivity index (χ1v) is 4.02. The van der Waals surface area contributed by atoms with Gasteiger partial charge in [-0.05, 0) is 12.5 Å². The molecule has 0 unspecified atom stereocenters. The fraction of sp³-hybridized carbons (Fsp3) is 0.200. The van der Waals surface area contributed by atoms with Crippen LogP contribution in [-0.4, -0.2) is 70.6 Å². The van der Waals surface area contributed by atoms with Gasteiger partial charge in [-0.1, -0.05) is 30.3 Å². The first-order valence-electron chi connectivity index (χ1n) is 4.02. The van der Waals surface area contributed by atoms with Crippen LogP contribution < -0.4 is 0 Å². The van der Waals surface area contributed by atoms with E-state index in [1.54, 1.807) is 18.2 Å². The summed E-state index contributed by atoms with van der Waals surface area (Å²) in [4.78, 5) is 21.8. The molecule has 78 valence electrons. The topological polar surface area (TPSA) is 74.6 Å². The molecule has 1 aromatic carbocycles. The van der Waals surface area contributed by atoms with E-state index in [-0.39, 0.29) is 54.0 Å². The number of rotatable bonds is 3. The van der Waals surface area contributed by atoms with E-state index in [2.05, 4.69) is 0 Å². The van der Waals surface area contributed by atoms with Gasteiger partial charge in [0.05, 0.1) is 0 Å². The van der Waals surface area contributed by atoms with E-state index in [1.165, 1.54) is 19.1 Å². The van der Waals surface area contributed by atoms with Gasteiger partial charge in [0.1, 0.15) is 0 Å². The Labute approximate surface area is 128 Å². The molecule has 0 saturated carbocycles. The fourth-order valence-electron chi connectivity index (χ4n) is 1.11. The Kier molecular flexibility index (Phi) is 8.11. The molecule has 2 N–H and O–H groups in total. The molecular weight excluding hydrogens is 214 g/mol. The maximum absolute atomic E-state index is 10.9. The zero-order valence-electron chi connectivity index (χ0n) is 7.60. The van der Waals surface area contributed by atoms with Gasteiger partial charge in [0.15, 0.2) is 5.41 Å². The van der Waals surface area contributed by atoms with Gasteiger partial charge < -0.3 is 10.2 Å². The summed E-state index contributed by atoms with van der Waals surface area (Å²) in [6, 6.07) is 7.90. The van der Waals surface area contributed by atoms with Gasteiger partial charge in [0, 0.05) is 0 Å². The number of benzene rings is 1. The van der Waals surface area contributed by atoms with E-state index in [0.29, 0.717) is 0 Å². The molecule has 0 amide bonds. The number of carboxylic acid groups (broad SMARTS) is 2. The molecule has 16 heavy (non-hydrogen) atoms. The van der Waals surface area contributed by atoms with Crippen LogP contribution in [0.15, 0.2) is 30.3 Å². The van der Waals surface area contributed by atoms with Gasteiger partial charge >= 0.3 is 60.4 Å². The predicted molar refractivity (Wildman–Crippen MR) is 63.4 cm³/mol. The molecule has 0 heterocycles. The van der Waals surface area contributed by atoms with Gasteiger partial charge in [-0.15, -0.1) is 0 Å². The van der Waals surface area contributed by atoms with E-state index in [9.17, 15) is 9.59 Å². The van der Waals surface area contributed by atoms with Crippen LogP contribution in [0.1, 0.15) is 12.5 Å². The average molecular weight is 226 g/mol. The summed E-state index contributed by atoms with van der Waals surface area (Å²) < 4.78 is 0. The first kappa shape index (κ1) is 18.1. The average Bonchev–Trinajstić information content (AvgIpc) is 2.17. The van der Waals surface area contributed by atoms with E-state index in [4.69, 9.17) is 10.2 Å². The van der Waals surface area contributed by atoms with Gasteiger partial charge in [-0.3, -0.25) is 9.59 Å². The predicted octanol–water partition coefficient (Wildman–Crippen LogP) is -0.184. The Balaban J connectivity index is 0. The van der Waals surface area contributed by atoms with Crippen molar-refractivity contribution in [2.45, 2.75) is 12.3 Å². The number of carbonyl (C=O) groups is 2. The van der Waals surface area contributed by atoms with Gasteiger partial charge in [0.2, 0.25) is 0 Å². The number of hydrogen-bond donors (Lipinski definition) is 2. The Hall–Kier alpha value is -0.243. The molecule has 0 aliphatic carbocycles. The molecule has 6 heteroatoms. The van der Waals surface area contributed by atoms with Crippen LogP contribution in [-0.2, 0) is 15.0 Å². The second-order valence-corrected chi connectivity index (χ2v) is 3.10. The Morgan fingerprint density at radius 1 is 1.06 bits per heavy atom. The van der Waals surface area contributed by atoms with Crippen LogP contribution >= 0.6 is 0 Å². The van der Waals surface area contributed by atoms with Gasteiger partial charge in [0.25, 0.3) is 0 Å². The molecule has 0 spiro atoms. The molecule has 0 radical (unpaired) electrons. The van der Waals surface area contributed by atoms with Crippen molar-refractivity contribution < 1.29 is 19.8 Å². The molecule has 0 bridgehead atoms. The van der Waals surface area contributed by atoms with Crippen molar-refractivity contribution in [3.8, 4) is 0 Å². The molecule has 0 aliphatic heterocycles. The molecule has 0 aromatic heterocycles. The second-order valence-electron chi connectivity index (χ2n) is 3.10. The van der Waals surface area contributed by atoms with Crippen molar-refractivity contribution in [3.63, 3.8) is 0 Å². The monoisotopic (exact) mass is 226 g/mol. The second kappa shape index (κ2) is 7.16. The minimum absolute atomic E-state index is 0. The zero-order valence-corrected chi connectivity index (χ0v) is 7.60. The minimum atomic E-state index is -1.87. The maximum atomic E-state index is 10.9. The molecular formula is C10H12LiNaO4. The van der Waals surface area contributed by atoms with E-state index in [0.717, 1.165) is 0 Å². The third-order valence-electron chi connectivity index (χ3n) is 2.21. The number of hydrogen-bond acceptors (Lipinski definition) is 2. The molecule has 1 aromatic rings. The van der Waals surface area contributed by atoms with Crippen LogP contribution in [0.3, 0.4) is 0 Å². The number of carboxylic acids is 2. The van der Waals surface area contributed by atoms with Crippen molar-refractivity contribution in [1.82, 2.24) is 0 Å². The third kappa shape index (κ3) is 3.37. The van der Waals surface area contributed by atoms with Crippen molar-refractivity contribution >= 4 is 60.4 Å². The Bertz CT molecular complexity index is 352. The van der Waals surface area contributed by atoms with Crippen molar-refractivity contribution in [3.05, 3.63) is 35.9 Å². The summed E-state index contributed by atoms with van der Waals surface area (Å²) in [5.74, 6) is -2.73. The Morgan fingerprint density at radius 3 is 1.75 bits per heavy atom. The van der Waals surface area contributed by atoms with E-state index in [1.807, 2.05) is 0 Å². The molecule has 0 fully saturated rings. The van der Waals surface area contributed by atoms with E-state index < -0.39 is 17.4 Å². The van der Waals surface area contributed by atoms with Gasteiger partial charge in [-0.2, -0.15) is 0 Å². The van der Waals surface area contributed by atoms with Crippen molar-refractivity contribution in [2.24, 2.45) is 0 Å². The third-order valence-corrected chi connectivity index (χ3v) is 2.21. The van der Waals surface area contributed by atoms with Crippen LogP contribution in [0.5, 0.6) is 0 Å². The van der Waals surface area contributed by atoms with Crippen LogP contribution in [0, 0.1) is 0 Å².